The Hall–Kier alpha value is -0.270. The largest absolute Gasteiger partial charge is 0.296 e. The van der Waals surface area contributed by atoms with Crippen LogP contribution >= 0.6 is 12.4 Å². The number of nitrogens with zero attached hydrogens (tertiary/aromatic N) is 1. The number of halogens is 1. The van der Waals surface area contributed by atoms with Crippen molar-refractivity contribution >= 4 is 12.4 Å². The molecule has 0 aromatic heterocycles. The first-order valence-corrected chi connectivity index (χ1v) is 7.29. The Morgan fingerprint density at radius 2 is 1.22 bits per heavy atom. The summed E-state index contributed by atoms with van der Waals surface area (Å²) in [4.78, 5) is 2.40. The summed E-state index contributed by atoms with van der Waals surface area (Å²) in [7, 11) is 0. The number of rotatable bonds is 13. The molecule has 0 fully saturated rings. The molecule has 0 atom stereocenters. The molecule has 0 saturated carbocycles. The van der Waals surface area contributed by atoms with Gasteiger partial charge in [-0.1, -0.05) is 64.0 Å². The third-order valence-corrected chi connectivity index (χ3v) is 3.10. The normalized spacial score (nSPS) is 10.1. The standard InChI is InChI=1S/C16H31N.ClH/c1-4-7-8-9-10-11-12-13-16-17(14-5-2)15-6-3;/h5-6H,2-4,7-16H2,1H3;1H. The summed E-state index contributed by atoms with van der Waals surface area (Å²) in [5.74, 6) is 0. The highest BCUT2D eigenvalue weighted by atomic mass is 35.5. The van der Waals surface area contributed by atoms with Crippen molar-refractivity contribution in [2.75, 3.05) is 19.6 Å². The monoisotopic (exact) mass is 273 g/mol. The molecule has 108 valence electrons. The third-order valence-electron chi connectivity index (χ3n) is 3.10. The molecule has 2 heteroatoms. The van der Waals surface area contributed by atoms with E-state index in [0.717, 1.165) is 13.1 Å². The van der Waals surface area contributed by atoms with Crippen LogP contribution in [0.1, 0.15) is 58.3 Å². The molecule has 0 aromatic rings. The minimum absolute atomic E-state index is 0. The molecule has 0 aliphatic heterocycles. The van der Waals surface area contributed by atoms with E-state index in [1.807, 2.05) is 12.2 Å². The van der Waals surface area contributed by atoms with Crippen LogP contribution in [0.25, 0.3) is 0 Å². The topological polar surface area (TPSA) is 3.24 Å². The average Bonchev–Trinajstić information content (AvgIpc) is 2.33. The first-order chi connectivity index (χ1) is 8.35. The lowest BCUT2D eigenvalue weighted by Crippen LogP contribution is -2.24. The summed E-state index contributed by atoms with van der Waals surface area (Å²) in [6.07, 6.45) is 15.1. The van der Waals surface area contributed by atoms with E-state index < -0.39 is 0 Å². The predicted molar refractivity (Wildman–Crippen MR) is 86.7 cm³/mol. The van der Waals surface area contributed by atoms with Gasteiger partial charge in [-0.2, -0.15) is 0 Å². The highest BCUT2D eigenvalue weighted by molar-refractivity contribution is 5.85. The van der Waals surface area contributed by atoms with Crippen LogP contribution in [0.15, 0.2) is 25.3 Å². The fourth-order valence-corrected chi connectivity index (χ4v) is 2.09. The van der Waals surface area contributed by atoms with E-state index in [1.54, 1.807) is 0 Å². The zero-order valence-corrected chi connectivity index (χ0v) is 13.0. The van der Waals surface area contributed by atoms with Crippen molar-refractivity contribution in [2.24, 2.45) is 0 Å². The van der Waals surface area contributed by atoms with Gasteiger partial charge in [-0.05, 0) is 13.0 Å². The second-order valence-corrected chi connectivity index (χ2v) is 4.81. The highest BCUT2D eigenvalue weighted by Gasteiger charge is 1.99. The van der Waals surface area contributed by atoms with Gasteiger partial charge in [0.2, 0.25) is 0 Å². The van der Waals surface area contributed by atoms with Gasteiger partial charge in [-0.15, -0.1) is 25.6 Å². The van der Waals surface area contributed by atoms with Crippen molar-refractivity contribution in [1.29, 1.82) is 0 Å². The summed E-state index contributed by atoms with van der Waals surface area (Å²) in [6, 6.07) is 0. The fourth-order valence-electron chi connectivity index (χ4n) is 2.09. The van der Waals surface area contributed by atoms with Crippen molar-refractivity contribution < 1.29 is 0 Å². The minimum Gasteiger partial charge on any atom is -0.296 e. The van der Waals surface area contributed by atoms with Crippen LogP contribution < -0.4 is 0 Å². The van der Waals surface area contributed by atoms with Crippen molar-refractivity contribution in [3.05, 3.63) is 25.3 Å². The van der Waals surface area contributed by atoms with Gasteiger partial charge in [0.25, 0.3) is 0 Å². The molecule has 0 aliphatic carbocycles. The number of unbranched alkanes of at least 4 members (excludes halogenated alkanes) is 7. The zero-order valence-electron chi connectivity index (χ0n) is 12.2. The van der Waals surface area contributed by atoms with Gasteiger partial charge < -0.3 is 0 Å². The quantitative estimate of drug-likeness (QED) is 0.328. The van der Waals surface area contributed by atoms with Gasteiger partial charge in [0.1, 0.15) is 0 Å². The second-order valence-electron chi connectivity index (χ2n) is 4.81. The van der Waals surface area contributed by atoms with Crippen molar-refractivity contribution in [3.8, 4) is 0 Å². The highest BCUT2D eigenvalue weighted by Crippen LogP contribution is 2.08. The predicted octanol–water partition coefficient (Wildman–Crippen LogP) is 5.22. The SMILES string of the molecule is C=CCN(CC=C)CCCCCCCCCC.Cl. The number of hydrogen-bond donors (Lipinski definition) is 0. The van der Waals surface area contributed by atoms with Gasteiger partial charge in [0, 0.05) is 13.1 Å². The maximum absolute atomic E-state index is 3.79. The van der Waals surface area contributed by atoms with E-state index in [9.17, 15) is 0 Å². The summed E-state index contributed by atoms with van der Waals surface area (Å²) in [6.45, 7) is 13.0. The maximum Gasteiger partial charge on any atom is 0.0163 e. The second kappa shape index (κ2) is 16.7. The van der Waals surface area contributed by atoms with E-state index in [-0.39, 0.29) is 12.4 Å². The van der Waals surface area contributed by atoms with E-state index in [2.05, 4.69) is 25.0 Å². The molecule has 0 saturated heterocycles. The van der Waals surface area contributed by atoms with Crippen LogP contribution in [-0.2, 0) is 0 Å². The fraction of sp³-hybridized carbons (Fsp3) is 0.750. The lowest BCUT2D eigenvalue weighted by atomic mass is 10.1. The molecule has 0 rings (SSSR count). The molecule has 0 aromatic carbocycles. The van der Waals surface area contributed by atoms with Gasteiger partial charge in [-0.25, -0.2) is 0 Å². The zero-order chi connectivity index (χ0) is 12.8. The summed E-state index contributed by atoms with van der Waals surface area (Å²) < 4.78 is 0. The summed E-state index contributed by atoms with van der Waals surface area (Å²) >= 11 is 0. The van der Waals surface area contributed by atoms with Crippen LogP contribution in [0.2, 0.25) is 0 Å². The van der Waals surface area contributed by atoms with Crippen molar-refractivity contribution in [2.45, 2.75) is 58.3 Å². The Kier molecular flexibility index (Phi) is 18.6. The molecule has 0 heterocycles. The molecule has 18 heavy (non-hydrogen) atoms. The van der Waals surface area contributed by atoms with Crippen LogP contribution in [0.5, 0.6) is 0 Å². The Morgan fingerprint density at radius 3 is 1.67 bits per heavy atom. The molecule has 0 spiro atoms. The Labute approximate surface area is 121 Å². The first-order valence-electron chi connectivity index (χ1n) is 7.29. The first kappa shape index (κ1) is 20.1. The summed E-state index contributed by atoms with van der Waals surface area (Å²) in [5.41, 5.74) is 0. The van der Waals surface area contributed by atoms with Crippen LogP contribution in [0, 0.1) is 0 Å². The molecule has 0 unspecified atom stereocenters. The third kappa shape index (κ3) is 13.8. The molecule has 0 aliphatic rings. The minimum atomic E-state index is 0. The molecular formula is C16H32ClN. The molecule has 0 bridgehead atoms. The van der Waals surface area contributed by atoms with E-state index in [0.29, 0.717) is 0 Å². The Balaban J connectivity index is 0. The molecule has 0 N–H and O–H groups in total. The molecule has 1 nitrogen and oxygen atoms in total. The van der Waals surface area contributed by atoms with Crippen LogP contribution in [0.3, 0.4) is 0 Å². The lowest BCUT2D eigenvalue weighted by molar-refractivity contribution is 0.324. The van der Waals surface area contributed by atoms with Gasteiger partial charge in [0.15, 0.2) is 0 Å². The summed E-state index contributed by atoms with van der Waals surface area (Å²) in [5, 5.41) is 0. The molecule has 0 amide bonds. The molecular weight excluding hydrogens is 242 g/mol. The van der Waals surface area contributed by atoms with Crippen LogP contribution in [-0.4, -0.2) is 24.5 Å². The smallest absolute Gasteiger partial charge is 0.0163 e. The lowest BCUT2D eigenvalue weighted by Gasteiger charge is -2.18. The van der Waals surface area contributed by atoms with Crippen molar-refractivity contribution in [1.82, 2.24) is 4.90 Å². The van der Waals surface area contributed by atoms with E-state index >= 15 is 0 Å². The number of hydrogen-bond acceptors (Lipinski definition) is 1. The Morgan fingerprint density at radius 1 is 0.778 bits per heavy atom. The Bertz CT molecular complexity index is 170. The molecule has 0 radical (unpaired) electrons. The van der Waals surface area contributed by atoms with E-state index in [1.165, 1.54) is 57.9 Å². The van der Waals surface area contributed by atoms with Gasteiger partial charge >= 0.3 is 0 Å². The van der Waals surface area contributed by atoms with Gasteiger partial charge in [0.05, 0.1) is 0 Å². The maximum atomic E-state index is 3.79. The average molecular weight is 274 g/mol. The van der Waals surface area contributed by atoms with Crippen LogP contribution in [0.4, 0.5) is 0 Å². The van der Waals surface area contributed by atoms with Gasteiger partial charge in [-0.3, -0.25) is 4.90 Å². The van der Waals surface area contributed by atoms with E-state index in [4.69, 9.17) is 0 Å². The van der Waals surface area contributed by atoms with Crippen molar-refractivity contribution in [3.63, 3.8) is 0 Å².